The van der Waals surface area contributed by atoms with E-state index in [-0.39, 0.29) is 0 Å². The van der Waals surface area contributed by atoms with Crippen LogP contribution in [0.1, 0.15) is 25.0 Å². The van der Waals surface area contributed by atoms with Crippen molar-refractivity contribution in [3.63, 3.8) is 0 Å². The lowest BCUT2D eigenvalue weighted by Crippen LogP contribution is -2.34. The van der Waals surface area contributed by atoms with Crippen molar-refractivity contribution < 1.29 is 0 Å². The van der Waals surface area contributed by atoms with E-state index in [1.165, 1.54) is 35.9 Å². The summed E-state index contributed by atoms with van der Waals surface area (Å²) in [5, 5.41) is 4.76. The molecule has 17 heavy (non-hydrogen) atoms. The lowest BCUT2D eigenvalue weighted by molar-refractivity contribution is 0.336. The maximum absolute atomic E-state index is 6.00. The summed E-state index contributed by atoms with van der Waals surface area (Å²) in [7, 11) is 2.11. The average Bonchev–Trinajstić information content (AvgIpc) is 2.57. The molecule has 1 aromatic carbocycles. The topological polar surface area (TPSA) is 43.0 Å². The molecular formula is C14H19N3. The van der Waals surface area contributed by atoms with Crippen LogP contribution in [0.3, 0.4) is 0 Å². The molecule has 1 aliphatic carbocycles. The third-order valence-corrected chi connectivity index (χ3v) is 3.90. The fourth-order valence-electron chi connectivity index (χ4n) is 2.47. The quantitative estimate of drug-likeness (QED) is 0.794. The van der Waals surface area contributed by atoms with Gasteiger partial charge in [-0.25, -0.2) is 0 Å². The molecule has 0 amide bonds. The Kier molecular flexibility index (Phi) is 2.56. The molecule has 2 aromatic rings. The molecule has 3 heteroatoms. The van der Waals surface area contributed by atoms with E-state index >= 15 is 0 Å². The highest BCUT2D eigenvalue weighted by Gasteiger charge is 2.17. The number of nitrogens with one attached hydrogen (secondary N) is 1. The highest BCUT2D eigenvalue weighted by atomic mass is 15.0. The van der Waals surface area contributed by atoms with Crippen LogP contribution in [-0.4, -0.2) is 10.6 Å². The normalized spacial score (nSPS) is 16.3. The molecule has 1 aliphatic rings. The predicted octanol–water partition coefficient (Wildman–Crippen LogP) is 2.40. The summed E-state index contributed by atoms with van der Waals surface area (Å²) in [5.41, 5.74) is 9.39. The van der Waals surface area contributed by atoms with Gasteiger partial charge in [0.15, 0.2) is 0 Å². The second kappa shape index (κ2) is 4.08. The number of nitrogens with two attached hydrogens (primary N) is 1. The van der Waals surface area contributed by atoms with Gasteiger partial charge < -0.3 is 15.6 Å². The molecule has 1 heterocycles. The molecule has 0 atom stereocenters. The van der Waals surface area contributed by atoms with Gasteiger partial charge in [-0.1, -0.05) is 12.5 Å². The molecule has 0 radical (unpaired) electrons. The zero-order valence-electron chi connectivity index (χ0n) is 10.2. The monoisotopic (exact) mass is 229 g/mol. The first-order chi connectivity index (χ1) is 8.25. The fraction of sp³-hybridized carbons (Fsp3) is 0.429. The molecule has 1 saturated carbocycles. The molecule has 3 N–H and O–H groups in total. The SMILES string of the molecule is Cn1c(CNC2CCC2)cc2c(N)cccc21. The number of anilines is 1. The number of aryl methyl sites for hydroxylation is 1. The summed E-state index contributed by atoms with van der Waals surface area (Å²) >= 11 is 0. The Hall–Kier alpha value is -1.48. The molecular weight excluding hydrogens is 210 g/mol. The van der Waals surface area contributed by atoms with Crippen molar-refractivity contribution in [2.75, 3.05) is 5.73 Å². The van der Waals surface area contributed by atoms with Crippen LogP contribution in [0.25, 0.3) is 10.9 Å². The lowest BCUT2D eigenvalue weighted by Gasteiger charge is -2.26. The van der Waals surface area contributed by atoms with Gasteiger partial charge in [0.05, 0.1) is 5.52 Å². The lowest BCUT2D eigenvalue weighted by atomic mass is 9.93. The summed E-state index contributed by atoms with van der Waals surface area (Å²) in [6.07, 6.45) is 4.03. The Labute approximate surface area is 102 Å². The van der Waals surface area contributed by atoms with Crippen LogP contribution >= 0.6 is 0 Å². The van der Waals surface area contributed by atoms with Crippen molar-refractivity contribution in [3.05, 3.63) is 30.0 Å². The maximum Gasteiger partial charge on any atom is 0.0501 e. The average molecular weight is 229 g/mol. The Bertz CT molecular complexity index is 538. The number of nitrogen functional groups attached to an aromatic ring is 1. The van der Waals surface area contributed by atoms with Crippen LogP contribution in [0, 0.1) is 0 Å². The summed E-state index contributed by atoms with van der Waals surface area (Å²) in [4.78, 5) is 0. The first-order valence-corrected chi connectivity index (χ1v) is 6.32. The molecule has 1 fully saturated rings. The minimum Gasteiger partial charge on any atom is -0.398 e. The van der Waals surface area contributed by atoms with Crippen LogP contribution in [0.15, 0.2) is 24.3 Å². The molecule has 3 rings (SSSR count). The molecule has 0 aliphatic heterocycles. The van der Waals surface area contributed by atoms with Crippen molar-refractivity contribution in [2.24, 2.45) is 7.05 Å². The Morgan fingerprint density at radius 3 is 2.88 bits per heavy atom. The van der Waals surface area contributed by atoms with E-state index in [0.29, 0.717) is 0 Å². The van der Waals surface area contributed by atoms with Crippen molar-refractivity contribution in [1.29, 1.82) is 0 Å². The van der Waals surface area contributed by atoms with Crippen molar-refractivity contribution in [1.82, 2.24) is 9.88 Å². The van der Waals surface area contributed by atoms with Crippen molar-refractivity contribution >= 4 is 16.6 Å². The van der Waals surface area contributed by atoms with Gasteiger partial charge in [-0.2, -0.15) is 0 Å². The van der Waals surface area contributed by atoms with Crippen LogP contribution in [-0.2, 0) is 13.6 Å². The molecule has 90 valence electrons. The third-order valence-electron chi connectivity index (χ3n) is 3.90. The zero-order valence-corrected chi connectivity index (χ0v) is 10.2. The minimum absolute atomic E-state index is 0.727. The first kappa shape index (κ1) is 10.7. The van der Waals surface area contributed by atoms with Crippen LogP contribution < -0.4 is 11.1 Å². The summed E-state index contributed by atoms with van der Waals surface area (Å²) in [6.45, 7) is 0.940. The zero-order chi connectivity index (χ0) is 11.8. The Morgan fingerprint density at radius 1 is 1.41 bits per heavy atom. The van der Waals surface area contributed by atoms with Crippen molar-refractivity contribution in [3.8, 4) is 0 Å². The van der Waals surface area contributed by atoms with E-state index in [1.54, 1.807) is 0 Å². The molecule has 0 saturated heterocycles. The predicted molar refractivity (Wildman–Crippen MR) is 71.8 cm³/mol. The smallest absolute Gasteiger partial charge is 0.0501 e. The number of benzene rings is 1. The van der Waals surface area contributed by atoms with Crippen LogP contribution in [0.4, 0.5) is 5.69 Å². The van der Waals surface area contributed by atoms with E-state index in [4.69, 9.17) is 5.73 Å². The van der Waals surface area contributed by atoms with E-state index in [1.807, 2.05) is 12.1 Å². The Morgan fingerprint density at radius 2 is 2.24 bits per heavy atom. The van der Waals surface area contributed by atoms with Gasteiger partial charge in [0, 0.05) is 36.4 Å². The Balaban J connectivity index is 1.88. The highest BCUT2D eigenvalue weighted by molar-refractivity contribution is 5.92. The second-order valence-electron chi connectivity index (χ2n) is 4.98. The molecule has 3 nitrogen and oxygen atoms in total. The number of fused-ring (bicyclic) bond motifs is 1. The molecule has 0 bridgehead atoms. The van der Waals surface area contributed by atoms with Gasteiger partial charge >= 0.3 is 0 Å². The third kappa shape index (κ3) is 1.80. The second-order valence-corrected chi connectivity index (χ2v) is 4.98. The highest BCUT2D eigenvalue weighted by Crippen LogP contribution is 2.25. The first-order valence-electron chi connectivity index (χ1n) is 6.32. The van der Waals surface area contributed by atoms with Crippen molar-refractivity contribution in [2.45, 2.75) is 31.8 Å². The number of rotatable bonds is 3. The molecule has 0 unspecified atom stereocenters. The van der Waals surface area contributed by atoms with Gasteiger partial charge in [0.25, 0.3) is 0 Å². The van der Waals surface area contributed by atoms with Gasteiger partial charge in [-0.15, -0.1) is 0 Å². The number of aromatic nitrogens is 1. The standard InChI is InChI=1S/C14H19N3/c1-17-11(9-16-10-4-2-5-10)8-12-13(15)6-3-7-14(12)17/h3,6-8,10,16H,2,4-5,9,15H2,1H3. The molecule has 0 spiro atoms. The van der Waals surface area contributed by atoms with Gasteiger partial charge in [-0.05, 0) is 31.0 Å². The fourth-order valence-corrected chi connectivity index (χ4v) is 2.47. The number of hydrogen-bond acceptors (Lipinski definition) is 2. The summed E-state index contributed by atoms with van der Waals surface area (Å²) in [6, 6.07) is 9.03. The van der Waals surface area contributed by atoms with Crippen LogP contribution in [0.5, 0.6) is 0 Å². The summed E-state index contributed by atoms with van der Waals surface area (Å²) in [5.74, 6) is 0. The number of nitrogens with zero attached hydrogens (tertiary/aromatic N) is 1. The minimum atomic E-state index is 0.727. The van der Waals surface area contributed by atoms with E-state index in [2.05, 4.69) is 29.1 Å². The van der Waals surface area contributed by atoms with Gasteiger partial charge in [-0.3, -0.25) is 0 Å². The van der Waals surface area contributed by atoms with E-state index in [9.17, 15) is 0 Å². The van der Waals surface area contributed by atoms with Gasteiger partial charge in [0.2, 0.25) is 0 Å². The number of hydrogen-bond donors (Lipinski definition) is 2. The maximum atomic E-state index is 6.00. The van der Waals surface area contributed by atoms with E-state index < -0.39 is 0 Å². The molecule has 1 aromatic heterocycles. The summed E-state index contributed by atoms with van der Waals surface area (Å²) < 4.78 is 2.23. The van der Waals surface area contributed by atoms with E-state index in [0.717, 1.165) is 18.3 Å². The largest absolute Gasteiger partial charge is 0.398 e. The van der Waals surface area contributed by atoms with Crippen LogP contribution in [0.2, 0.25) is 0 Å². The van der Waals surface area contributed by atoms with Gasteiger partial charge in [0.1, 0.15) is 0 Å².